The maximum absolute atomic E-state index is 11.5. The second kappa shape index (κ2) is 3.61. The van der Waals surface area contributed by atoms with Crippen molar-refractivity contribution >= 4 is 5.91 Å². The number of hydrogen-bond acceptors (Lipinski definition) is 2. The standard InChI is InChI=1S/C12H17N3O/c1-15-11(8-2-3-8)6-10(14-15)7-13-12(16)9-4-5-9/h6,8-9H,2-5,7H2,1H3,(H,13,16). The minimum atomic E-state index is 0.193. The van der Waals surface area contributed by atoms with E-state index < -0.39 is 0 Å². The van der Waals surface area contributed by atoms with Gasteiger partial charge in [-0.15, -0.1) is 0 Å². The molecule has 2 aliphatic carbocycles. The summed E-state index contributed by atoms with van der Waals surface area (Å²) in [6, 6.07) is 2.13. The van der Waals surface area contributed by atoms with Crippen LogP contribution in [0.1, 0.15) is 43.0 Å². The van der Waals surface area contributed by atoms with Gasteiger partial charge in [-0.2, -0.15) is 5.10 Å². The van der Waals surface area contributed by atoms with Crippen molar-refractivity contribution in [3.8, 4) is 0 Å². The number of amides is 1. The Bertz CT molecular complexity index is 416. The van der Waals surface area contributed by atoms with E-state index >= 15 is 0 Å². The van der Waals surface area contributed by atoms with Gasteiger partial charge in [0.25, 0.3) is 0 Å². The Morgan fingerprint density at radius 2 is 2.25 bits per heavy atom. The first-order chi connectivity index (χ1) is 7.74. The predicted molar refractivity (Wildman–Crippen MR) is 59.8 cm³/mol. The molecule has 0 bridgehead atoms. The van der Waals surface area contributed by atoms with Crippen molar-refractivity contribution in [1.82, 2.24) is 15.1 Å². The van der Waals surface area contributed by atoms with Gasteiger partial charge < -0.3 is 5.32 Å². The number of nitrogens with one attached hydrogen (secondary N) is 1. The van der Waals surface area contributed by atoms with Crippen molar-refractivity contribution < 1.29 is 4.79 Å². The molecular weight excluding hydrogens is 202 g/mol. The molecule has 1 N–H and O–H groups in total. The number of aryl methyl sites for hydroxylation is 1. The number of carbonyl (C=O) groups excluding carboxylic acids is 1. The lowest BCUT2D eigenvalue weighted by Gasteiger charge is -2.00. The third-order valence-electron chi connectivity index (χ3n) is 3.35. The first-order valence-electron chi connectivity index (χ1n) is 6.04. The highest BCUT2D eigenvalue weighted by atomic mass is 16.2. The summed E-state index contributed by atoms with van der Waals surface area (Å²) < 4.78 is 1.95. The van der Waals surface area contributed by atoms with Crippen LogP contribution in [0, 0.1) is 5.92 Å². The smallest absolute Gasteiger partial charge is 0.223 e. The van der Waals surface area contributed by atoms with Crippen LogP contribution in [0.15, 0.2) is 6.07 Å². The molecule has 0 aliphatic heterocycles. The molecule has 4 nitrogen and oxygen atoms in total. The van der Waals surface area contributed by atoms with E-state index in [9.17, 15) is 4.79 Å². The van der Waals surface area contributed by atoms with E-state index in [0.29, 0.717) is 12.5 Å². The normalized spacial score (nSPS) is 19.8. The lowest BCUT2D eigenvalue weighted by molar-refractivity contribution is -0.122. The van der Waals surface area contributed by atoms with Crippen LogP contribution < -0.4 is 5.32 Å². The average molecular weight is 219 g/mol. The monoisotopic (exact) mass is 219 g/mol. The summed E-state index contributed by atoms with van der Waals surface area (Å²) >= 11 is 0. The molecule has 0 saturated heterocycles. The third kappa shape index (κ3) is 1.96. The minimum absolute atomic E-state index is 0.193. The summed E-state index contributed by atoms with van der Waals surface area (Å²) in [5.74, 6) is 1.19. The molecule has 4 heteroatoms. The lowest BCUT2D eigenvalue weighted by Crippen LogP contribution is -2.24. The molecule has 0 radical (unpaired) electrons. The fraction of sp³-hybridized carbons (Fsp3) is 0.667. The molecule has 0 aromatic carbocycles. The SMILES string of the molecule is Cn1nc(CNC(=O)C2CC2)cc1C1CC1. The van der Waals surface area contributed by atoms with Crippen LogP contribution in [0.5, 0.6) is 0 Å². The van der Waals surface area contributed by atoms with E-state index in [1.807, 2.05) is 11.7 Å². The molecule has 1 aromatic rings. The van der Waals surface area contributed by atoms with Gasteiger partial charge in [0.2, 0.25) is 5.91 Å². The van der Waals surface area contributed by atoms with Gasteiger partial charge in [-0.05, 0) is 31.7 Å². The van der Waals surface area contributed by atoms with Crippen LogP contribution in [0.25, 0.3) is 0 Å². The molecule has 16 heavy (non-hydrogen) atoms. The molecule has 2 saturated carbocycles. The number of aromatic nitrogens is 2. The molecule has 3 rings (SSSR count). The summed E-state index contributed by atoms with van der Waals surface area (Å²) in [5, 5.41) is 7.37. The fourth-order valence-electron chi connectivity index (χ4n) is 2.06. The summed E-state index contributed by atoms with van der Waals surface area (Å²) in [5.41, 5.74) is 2.30. The molecular formula is C12H17N3O. The van der Waals surface area contributed by atoms with Gasteiger partial charge in [0.1, 0.15) is 0 Å². The van der Waals surface area contributed by atoms with Gasteiger partial charge in [0.05, 0.1) is 12.2 Å². The molecule has 0 spiro atoms. The van der Waals surface area contributed by atoms with E-state index in [0.717, 1.165) is 18.5 Å². The predicted octanol–water partition coefficient (Wildman–Crippen LogP) is 1.32. The lowest BCUT2D eigenvalue weighted by atomic mass is 10.2. The quantitative estimate of drug-likeness (QED) is 0.830. The van der Waals surface area contributed by atoms with E-state index in [-0.39, 0.29) is 11.8 Å². The summed E-state index contributed by atoms with van der Waals surface area (Å²) in [7, 11) is 1.99. The Morgan fingerprint density at radius 3 is 2.88 bits per heavy atom. The number of rotatable bonds is 4. The second-order valence-corrected chi connectivity index (χ2v) is 4.95. The van der Waals surface area contributed by atoms with Gasteiger partial charge in [-0.3, -0.25) is 9.48 Å². The van der Waals surface area contributed by atoms with Crippen LogP contribution in [0.2, 0.25) is 0 Å². The van der Waals surface area contributed by atoms with Crippen molar-refractivity contribution in [3.05, 3.63) is 17.5 Å². The molecule has 0 atom stereocenters. The number of nitrogens with zero attached hydrogens (tertiary/aromatic N) is 2. The largest absolute Gasteiger partial charge is 0.350 e. The highest BCUT2D eigenvalue weighted by Crippen LogP contribution is 2.39. The van der Waals surface area contributed by atoms with E-state index in [4.69, 9.17) is 0 Å². The Balaban J connectivity index is 1.60. The summed E-state index contributed by atoms with van der Waals surface area (Å²) in [4.78, 5) is 11.5. The first-order valence-corrected chi connectivity index (χ1v) is 6.04. The van der Waals surface area contributed by atoms with Crippen LogP contribution in [0.3, 0.4) is 0 Å². The van der Waals surface area contributed by atoms with Gasteiger partial charge in [-0.25, -0.2) is 0 Å². The topological polar surface area (TPSA) is 46.9 Å². The van der Waals surface area contributed by atoms with Crippen molar-refractivity contribution in [2.45, 2.75) is 38.1 Å². The van der Waals surface area contributed by atoms with Crippen LogP contribution in [-0.4, -0.2) is 15.7 Å². The zero-order valence-electron chi connectivity index (χ0n) is 9.57. The number of hydrogen-bond donors (Lipinski definition) is 1. The minimum Gasteiger partial charge on any atom is -0.350 e. The summed E-state index contributed by atoms with van der Waals surface area (Å²) in [6.07, 6.45) is 4.68. The Kier molecular flexibility index (Phi) is 2.23. The molecule has 1 amide bonds. The zero-order valence-corrected chi connectivity index (χ0v) is 9.57. The molecule has 1 aromatic heterocycles. The molecule has 2 aliphatic rings. The van der Waals surface area contributed by atoms with Crippen molar-refractivity contribution in [3.63, 3.8) is 0 Å². The maximum atomic E-state index is 11.5. The Morgan fingerprint density at radius 1 is 1.50 bits per heavy atom. The highest BCUT2D eigenvalue weighted by Gasteiger charge is 2.30. The molecule has 0 unspecified atom stereocenters. The fourth-order valence-corrected chi connectivity index (χ4v) is 2.06. The van der Waals surface area contributed by atoms with Crippen molar-refractivity contribution in [2.75, 3.05) is 0 Å². The Hall–Kier alpha value is -1.32. The maximum Gasteiger partial charge on any atom is 0.223 e. The highest BCUT2D eigenvalue weighted by molar-refractivity contribution is 5.80. The van der Waals surface area contributed by atoms with Crippen molar-refractivity contribution in [2.24, 2.45) is 13.0 Å². The van der Waals surface area contributed by atoms with E-state index in [1.54, 1.807) is 0 Å². The average Bonchev–Trinajstić information content (AvgIpc) is 3.13. The Labute approximate surface area is 95.0 Å². The van der Waals surface area contributed by atoms with Gasteiger partial charge >= 0.3 is 0 Å². The zero-order chi connectivity index (χ0) is 11.1. The second-order valence-electron chi connectivity index (χ2n) is 4.95. The number of carbonyl (C=O) groups is 1. The molecule has 2 fully saturated rings. The van der Waals surface area contributed by atoms with Gasteiger partial charge in [0, 0.05) is 24.6 Å². The van der Waals surface area contributed by atoms with Gasteiger partial charge in [0.15, 0.2) is 0 Å². The van der Waals surface area contributed by atoms with Gasteiger partial charge in [-0.1, -0.05) is 0 Å². The van der Waals surface area contributed by atoms with Crippen LogP contribution >= 0.6 is 0 Å². The van der Waals surface area contributed by atoms with Crippen LogP contribution in [0.4, 0.5) is 0 Å². The van der Waals surface area contributed by atoms with E-state index in [1.165, 1.54) is 18.5 Å². The summed E-state index contributed by atoms with van der Waals surface area (Å²) in [6.45, 7) is 0.579. The molecule has 1 heterocycles. The first kappa shape index (κ1) is 9.87. The van der Waals surface area contributed by atoms with Crippen molar-refractivity contribution in [1.29, 1.82) is 0 Å². The third-order valence-corrected chi connectivity index (χ3v) is 3.35. The molecule has 86 valence electrons. The van der Waals surface area contributed by atoms with Crippen LogP contribution in [-0.2, 0) is 18.4 Å². The van der Waals surface area contributed by atoms with E-state index in [2.05, 4.69) is 16.5 Å².